The Labute approximate surface area is 150 Å². The summed E-state index contributed by atoms with van der Waals surface area (Å²) >= 11 is 0. The molecule has 0 saturated heterocycles. The zero-order valence-corrected chi connectivity index (χ0v) is 14.5. The minimum absolute atomic E-state index is 0.0298. The van der Waals surface area contributed by atoms with Crippen LogP contribution in [0.5, 0.6) is 0 Å². The van der Waals surface area contributed by atoms with Gasteiger partial charge in [0.1, 0.15) is 5.56 Å². The Kier molecular flexibility index (Phi) is 6.31. The number of benzene rings is 1. The average Bonchev–Trinajstić information content (AvgIpc) is 2.96. The first kappa shape index (κ1) is 19.0. The highest BCUT2D eigenvalue weighted by molar-refractivity contribution is 5.91. The number of carbonyl (C=O) groups is 3. The van der Waals surface area contributed by atoms with Crippen molar-refractivity contribution in [1.29, 1.82) is 0 Å². The number of nitrogens with zero attached hydrogens (tertiary/aromatic N) is 2. The van der Waals surface area contributed by atoms with Gasteiger partial charge in [-0.1, -0.05) is 6.07 Å². The number of hydrogen-bond acceptors (Lipinski definition) is 5. The Hall–Kier alpha value is -3.36. The predicted molar refractivity (Wildman–Crippen MR) is 93.5 cm³/mol. The molecule has 1 heterocycles. The van der Waals surface area contributed by atoms with Crippen LogP contribution in [0.3, 0.4) is 0 Å². The van der Waals surface area contributed by atoms with Crippen LogP contribution >= 0.6 is 0 Å². The van der Waals surface area contributed by atoms with E-state index in [2.05, 4.69) is 15.7 Å². The van der Waals surface area contributed by atoms with E-state index in [9.17, 15) is 14.4 Å². The van der Waals surface area contributed by atoms with Crippen LogP contribution in [0.1, 0.15) is 29.4 Å². The maximum absolute atomic E-state index is 11.9. The summed E-state index contributed by atoms with van der Waals surface area (Å²) in [5.74, 6) is -1.43. The van der Waals surface area contributed by atoms with E-state index in [0.717, 1.165) is 0 Å². The van der Waals surface area contributed by atoms with E-state index in [-0.39, 0.29) is 19.6 Å². The third-order valence-corrected chi connectivity index (χ3v) is 3.48. The molecule has 0 unspecified atom stereocenters. The normalized spacial score (nSPS) is 10.2. The highest BCUT2D eigenvalue weighted by Crippen LogP contribution is 2.18. The van der Waals surface area contributed by atoms with Gasteiger partial charge in [0.25, 0.3) is 0 Å². The zero-order chi connectivity index (χ0) is 19.1. The third-order valence-electron chi connectivity index (χ3n) is 3.48. The first-order chi connectivity index (χ1) is 12.4. The Balaban J connectivity index is 2.11. The maximum Gasteiger partial charge on any atom is 0.341 e. The molecular weight excluding hydrogens is 340 g/mol. The summed E-state index contributed by atoms with van der Waals surface area (Å²) < 4.78 is 6.56. The molecule has 0 bridgehead atoms. The van der Waals surface area contributed by atoms with Crippen molar-refractivity contribution in [3.63, 3.8) is 0 Å². The number of aromatic nitrogens is 2. The molecule has 1 aromatic carbocycles. The van der Waals surface area contributed by atoms with Gasteiger partial charge in [0, 0.05) is 12.2 Å². The number of amides is 2. The SMILES string of the molecule is CCOC(=O)c1cnn(-c2cccc(NC(=O)NCCC(=O)O)c2)c1C. The van der Waals surface area contributed by atoms with Crippen LogP contribution in [0, 0.1) is 6.92 Å². The van der Waals surface area contributed by atoms with Crippen molar-refractivity contribution < 1.29 is 24.2 Å². The molecule has 0 radical (unpaired) electrons. The molecule has 2 amide bonds. The van der Waals surface area contributed by atoms with Crippen LogP contribution in [0.25, 0.3) is 5.69 Å². The molecule has 9 heteroatoms. The van der Waals surface area contributed by atoms with E-state index in [0.29, 0.717) is 22.6 Å². The highest BCUT2D eigenvalue weighted by atomic mass is 16.5. The summed E-state index contributed by atoms with van der Waals surface area (Å²) in [5, 5.41) is 17.8. The van der Waals surface area contributed by atoms with E-state index in [1.54, 1.807) is 42.8 Å². The monoisotopic (exact) mass is 360 g/mol. The Morgan fingerprint density at radius 1 is 1.31 bits per heavy atom. The lowest BCUT2D eigenvalue weighted by Gasteiger charge is -2.10. The molecule has 0 aliphatic heterocycles. The zero-order valence-electron chi connectivity index (χ0n) is 14.5. The van der Waals surface area contributed by atoms with Crippen LogP contribution in [-0.4, -0.2) is 46.0 Å². The molecule has 3 N–H and O–H groups in total. The predicted octanol–water partition coefficient (Wildman–Crippen LogP) is 1.95. The van der Waals surface area contributed by atoms with Crippen LogP contribution in [-0.2, 0) is 9.53 Å². The summed E-state index contributed by atoms with van der Waals surface area (Å²) in [6.45, 7) is 3.79. The van der Waals surface area contributed by atoms with Gasteiger partial charge >= 0.3 is 18.0 Å². The van der Waals surface area contributed by atoms with Crippen LogP contribution in [0.15, 0.2) is 30.5 Å². The molecule has 0 aliphatic carbocycles. The van der Waals surface area contributed by atoms with Crippen molar-refractivity contribution >= 4 is 23.7 Å². The molecule has 0 atom stereocenters. The lowest BCUT2D eigenvalue weighted by Crippen LogP contribution is -2.30. The van der Waals surface area contributed by atoms with E-state index in [1.807, 2.05) is 0 Å². The van der Waals surface area contributed by atoms with Crippen molar-refractivity contribution in [3.8, 4) is 5.69 Å². The molecule has 9 nitrogen and oxygen atoms in total. The standard InChI is InChI=1S/C17H20N4O5/c1-3-26-16(24)14-10-19-21(11(14)2)13-6-4-5-12(9-13)20-17(25)18-8-7-15(22)23/h4-6,9-10H,3,7-8H2,1-2H3,(H,22,23)(H2,18,20,25). The Morgan fingerprint density at radius 3 is 2.77 bits per heavy atom. The van der Waals surface area contributed by atoms with Gasteiger partial charge in [-0.3, -0.25) is 4.79 Å². The van der Waals surface area contributed by atoms with Crippen molar-refractivity contribution in [2.75, 3.05) is 18.5 Å². The van der Waals surface area contributed by atoms with Gasteiger partial charge in [0.2, 0.25) is 0 Å². The maximum atomic E-state index is 11.9. The fourth-order valence-corrected chi connectivity index (χ4v) is 2.25. The van der Waals surface area contributed by atoms with Gasteiger partial charge in [-0.05, 0) is 32.0 Å². The molecular formula is C17H20N4O5. The van der Waals surface area contributed by atoms with Crippen LogP contribution < -0.4 is 10.6 Å². The molecule has 2 rings (SSSR count). The Bertz CT molecular complexity index is 815. The summed E-state index contributed by atoms with van der Waals surface area (Å²) in [7, 11) is 0. The number of ether oxygens (including phenoxy) is 1. The minimum Gasteiger partial charge on any atom is -0.481 e. The highest BCUT2D eigenvalue weighted by Gasteiger charge is 2.16. The molecule has 26 heavy (non-hydrogen) atoms. The van der Waals surface area contributed by atoms with E-state index in [1.165, 1.54) is 6.20 Å². The number of carboxylic acids is 1. The van der Waals surface area contributed by atoms with Gasteiger partial charge in [0.15, 0.2) is 0 Å². The first-order valence-electron chi connectivity index (χ1n) is 8.01. The number of anilines is 1. The quantitative estimate of drug-likeness (QED) is 0.649. The van der Waals surface area contributed by atoms with E-state index < -0.39 is 18.0 Å². The fourth-order valence-electron chi connectivity index (χ4n) is 2.25. The van der Waals surface area contributed by atoms with Crippen LogP contribution in [0.4, 0.5) is 10.5 Å². The van der Waals surface area contributed by atoms with Crippen molar-refractivity contribution in [1.82, 2.24) is 15.1 Å². The molecule has 138 valence electrons. The Morgan fingerprint density at radius 2 is 2.08 bits per heavy atom. The topological polar surface area (TPSA) is 123 Å². The number of hydrogen-bond donors (Lipinski definition) is 3. The van der Waals surface area contributed by atoms with E-state index in [4.69, 9.17) is 9.84 Å². The van der Waals surface area contributed by atoms with Gasteiger partial charge in [0.05, 0.1) is 30.6 Å². The van der Waals surface area contributed by atoms with Crippen molar-refractivity contribution in [3.05, 3.63) is 41.7 Å². The number of carboxylic acid groups (broad SMARTS) is 1. The third kappa shape index (κ3) is 4.82. The molecule has 0 fully saturated rings. The largest absolute Gasteiger partial charge is 0.481 e. The van der Waals surface area contributed by atoms with Gasteiger partial charge in [-0.2, -0.15) is 5.10 Å². The molecule has 2 aromatic rings. The van der Waals surface area contributed by atoms with Gasteiger partial charge in [-0.15, -0.1) is 0 Å². The minimum atomic E-state index is -0.987. The number of carbonyl (C=O) groups excluding carboxylic acids is 2. The molecule has 0 spiro atoms. The summed E-state index contributed by atoms with van der Waals surface area (Å²) in [6, 6.07) is 6.38. The smallest absolute Gasteiger partial charge is 0.341 e. The fraction of sp³-hybridized carbons (Fsp3) is 0.294. The first-order valence-corrected chi connectivity index (χ1v) is 8.01. The van der Waals surface area contributed by atoms with Crippen molar-refractivity contribution in [2.24, 2.45) is 0 Å². The number of rotatable bonds is 7. The lowest BCUT2D eigenvalue weighted by atomic mass is 10.2. The summed E-state index contributed by atoms with van der Waals surface area (Å²) in [6.07, 6.45) is 1.28. The number of nitrogens with one attached hydrogen (secondary N) is 2. The summed E-state index contributed by atoms with van der Waals surface area (Å²) in [4.78, 5) is 34.1. The second kappa shape index (κ2) is 8.65. The van der Waals surface area contributed by atoms with E-state index >= 15 is 0 Å². The number of esters is 1. The second-order valence-electron chi connectivity index (χ2n) is 5.35. The number of aliphatic carboxylic acids is 1. The van der Waals surface area contributed by atoms with Gasteiger partial charge in [-0.25, -0.2) is 14.3 Å². The average molecular weight is 360 g/mol. The molecule has 1 aromatic heterocycles. The molecule has 0 saturated carbocycles. The lowest BCUT2D eigenvalue weighted by molar-refractivity contribution is -0.136. The van der Waals surface area contributed by atoms with Gasteiger partial charge < -0.3 is 20.5 Å². The second-order valence-corrected chi connectivity index (χ2v) is 5.35. The molecule has 0 aliphatic rings. The number of urea groups is 1. The summed E-state index contributed by atoms with van der Waals surface area (Å²) in [5.41, 5.74) is 2.15. The van der Waals surface area contributed by atoms with Crippen molar-refractivity contribution in [2.45, 2.75) is 20.3 Å². The van der Waals surface area contributed by atoms with Crippen LogP contribution in [0.2, 0.25) is 0 Å².